The molecule has 1 aliphatic heterocycles. The molecule has 0 aromatic rings. The summed E-state index contributed by atoms with van der Waals surface area (Å²) in [7, 11) is -0.00667. The molecule has 0 aromatic carbocycles. The van der Waals surface area contributed by atoms with E-state index in [2.05, 4.69) is 41.5 Å². The lowest BCUT2D eigenvalue weighted by Gasteiger charge is -2.32. The maximum Gasteiger partial charge on any atom is 0.461 e. The standard InChI is InChI=1S/C20H41BO2/c1-7-9-11-13-15-17-18(16-14-12-10-8-2)21-22-19(3,4)20(5,6)23-21/h18H,7-17H2,1-6H3. The molecule has 0 N–H and O–H groups in total. The van der Waals surface area contributed by atoms with E-state index in [0.717, 1.165) is 0 Å². The van der Waals surface area contributed by atoms with Gasteiger partial charge in [-0.3, -0.25) is 0 Å². The maximum atomic E-state index is 6.34. The second-order valence-electron chi connectivity index (χ2n) is 8.44. The highest BCUT2D eigenvalue weighted by molar-refractivity contribution is 6.47. The predicted molar refractivity (Wildman–Crippen MR) is 102 cm³/mol. The van der Waals surface area contributed by atoms with Gasteiger partial charge in [0.05, 0.1) is 11.2 Å². The lowest BCUT2D eigenvalue weighted by atomic mass is 9.66. The topological polar surface area (TPSA) is 18.5 Å². The van der Waals surface area contributed by atoms with Crippen LogP contribution in [0.4, 0.5) is 0 Å². The third kappa shape index (κ3) is 6.78. The van der Waals surface area contributed by atoms with Crippen molar-refractivity contribution in [1.29, 1.82) is 0 Å². The Labute approximate surface area is 146 Å². The second-order valence-corrected chi connectivity index (χ2v) is 8.44. The average Bonchev–Trinajstić information content (AvgIpc) is 2.69. The number of unbranched alkanes of at least 4 members (excludes halogenated alkanes) is 7. The van der Waals surface area contributed by atoms with Crippen LogP contribution < -0.4 is 0 Å². The van der Waals surface area contributed by atoms with E-state index in [1.54, 1.807) is 0 Å². The summed E-state index contributed by atoms with van der Waals surface area (Å²) in [6, 6.07) is 0. The Bertz CT molecular complexity index is 299. The van der Waals surface area contributed by atoms with Crippen LogP contribution in [0.15, 0.2) is 0 Å². The Morgan fingerprint density at radius 3 is 1.48 bits per heavy atom. The minimum Gasteiger partial charge on any atom is -0.403 e. The van der Waals surface area contributed by atoms with Gasteiger partial charge >= 0.3 is 7.12 Å². The van der Waals surface area contributed by atoms with Crippen molar-refractivity contribution >= 4 is 7.12 Å². The molecule has 1 rings (SSSR count). The molecule has 3 heteroatoms. The van der Waals surface area contributed by atoms with Crippen LogP contribution in [-0.4, -0.2) is 18.3 Å². The van der Waals surface area contributed by atoms with Gasteiger partial charge in [-0.15, -0.1) is 0 Å². The summed E-state index contributed by atoms with van der Waals surface area (Å²) in [6.07, 6.45) is 14.6. The average molecular weight is 324 g/mol. The normalized spacial score (nSPS) is 20.9. The Hall–Kier alpha value is -0.0151. The highest BCUT2D eigenvalue weighted by atomic mass is 16.7. The van der Waals surface area contributed by atoms with Crippen molar-refractivity contribution in [2.24, 2.45) is 0 Å². The fraction of sp³-hybridized carbons (Fsp3) is 1.00. The molecule has 1 saturated heterocycles. The quantitative estimate of drug-likeness (QED) is 0.291. The van der Waals surface area contributed by atoms with E-state index in [9.17, 15) is 0 Å². The molecular formula is C20H41BO2. The first-order valence-electron chi connectivity index (χ1n) is 10.2. The van der Waals surface area contributed by atoms with Crippen LogP contribution in [0.2, 0.25) is 5.82 Å². The minimum atomic E-state index is -0.193. The van der Waals surface area contributed by atoms with Crippen LogP contribution in [-0.2, 0) is 9.31 Å². The van der Waals surface area contributed by atoms with Crippen molar-refractivity contribution < 1.29 is 9.31 Å². The van der Waals surface area contributed by atoms with Crippen LogP contribution in [0, 0.1) is 0 Å². The van der Waals surface area contributed by atoms with Gasteiger partial charge in [-0.1, -0.05) is 84.5 Å². The Morgan fingerprint density at radius 2 is 1.04 bits per heavy atom. The number of rotatable bonds is 12. The molecule has 136 valence electrons. The molecule has 1 heterocycles. The molecule has 0 radical (unpaired) electrons. The monoisotopic (exact) mass is 324 g/mol. The van der Waals surface area contributed by atoms with E-state index in [4.69, 9.17) is 9.31 Å². The van der Waals surface area contributed by atoms with Crippen molar-refractivity contribution in [2.75, 3.05) is 0 Å². The van der Waals surface area contributed by atoms with Crippen LogP contribution in [0.25, 0.3) is 0 Å². The van der Waals surface area contributed by atoms with E-state index in [1.807, 2.05) is 0 Å². The molecule has 0 spiro atoms. The summed E-state index contributed by atoms with van der Waals surface area (Å²) in [4.78, 5) is 0. The zero-order chi connectivity index (χ0) is 17.3. The summed E-state index contributed by atoms with van der Waals surface area (Å²) < 4.78 is 12.7. The molecule has 1 fully saturated rings. The zero-order valence-corrected chi connectivity index (χ0v) is 16.7. The Kier molecular flexibility index (Phi) is 9.22. The third-order valence-electron chi connectivity index (χ3n) is 5.76. The molecule has 1 unspecified atom stereocenters. The van der Waals surface area contributed by atoms with Gasteiger partial charge in [0.2, 0.25) is 0 Å². The summed E-state index contributed by atoms with van der Waals surface area (Å²) in [5, 5.41) is 0. The minimum absolute atomic E-state index is 0.00667. The Balaban J connectivity index is 2.50. The van der Waals surface area contributed by atoms with E-state index in [0.29, 0.717) is 5.82 Å². The van der Waals surface area contributed by atoms with Crippen LogP contribution >= 0.6 is 0 Å². The van der Waals surface area contributed by atoms with Crippen molar-refractivity contribution in [3.05, 3.63) is 0 Å². The van der Waals surface area contributed by atoms with Crippen molar-refractivity contribution in [1.82, 2.24) is 0 Å². The molecule has 2 nitrogen and oxygen atoms in total. The lowest BCUT2D eigenvalue weighted by Crippen LogP contribution is -2.41. The Morgan fingerprint density at radius 1 is 0.652 bits per heavy atom. The van der Waals surface area contributed by atoms with Gasteiger partial charge in [0.1, 0.15) is 0 Å². The lowest BCUT2D eigenvalue weighted by molar-refractivity contribution is 0.00578. The molecule has 23 heavy (non-hydrogen) atoms. The second kappa shape index (κ2) is 10.1. The number of hydrogen-bond acceptors (Lipinski definition) is 2. The van der Waals surface area contributed by atoms with Crippen molar-refractivity contribution in [3.63, 3.8) is 0 Å². The highest BCUT2D eigenvalue weighted by Crippen LogP contribution is 2.42. The smallest absolute Gasteiger partial charge is 0.403 e. The van der Waals surface area contributed by atoms with Gasteiger partial charge < -0.3 is 9.31 Å². The first-order chi connectivity index (χ1) is 10.8. The molecule has 0 saturated carbocycles. The predicted octanol–water partition coefficient (Wildman–Crippen LogP) is 6.78. The molecule has 0 amide bonds. The molecule has 1 atom stereocenters. The van der Waals surface area contributed by atoms with E-state index in [1.165, 1.54) is 70.6 Å². The molecule has 0 aromatic heterocycles. The van der Waals surface area contributed by atoms with E-state index >= 15 is 0 Å². The molecular weight excluding hydrogens is 283 g/mol. The number of hydrogen-bond donors (Lipinski definition) is 0. The fourth-order valence-corrected chi connectivity index (χ4v) is 3.34. The molecule has 1 aliphatic rings. The van der Waals surface area contributed by atoms with E-state index < -0.39 is 0 Å². The molecule has 0 aliphatic carbocycles. The van der Waals surface area contributed by atoms with Crippen molar-refractivity contribution in [3.8, 4) is 0 Å². The summed E-state index contributed by atoms with van der Waals surface area (Å²) >= 11 is 0. The zero-order valence-electron chi connectivity index (χ0n) is 16.7. The van der Waals surface area contributed by atoms with Gasteiger partial charge in [-0.2, -0.15) is 0 Å². The van der Waals surface area contributed by atoms with Crippen LogP contribution in [0.5, 0.6) is 0 Å². The first kappa shape index (κ1) is 21.0. The van der Waals surface area contributed by atoms with E-state index in [-0.39, 0.29) is 18.3 Å². The van der Waals surface area contributed by atoms with Crippen LogP contribution in [0.3, 0.4) is 0 Å². The molecule has 0 bridgehead atoms. The van der Waals surface area contributed by atoms with Gasteiger partial charge in [-0.25, -0.2) is 0 Å². The van der Waals surface area contributed by atoms with Crippen LogP contribution in [0.1, 0.15) is 112 Å². The first-order valence-corrected chi connectivity index (χ1v) is 10.2. The fourth-order valence-electron chi connectivity index (χ4n) is 3.34. The van der Waals surface area contributed by atoms with Gasteiger partial charge in [0, 0.05) is 0 Å². The highest BCUT2D eigenvalue weighted by Gasteiger charge is 2.53. The van der Waals surface area contributed by atoms with Gasteiger partial charge in [0.15, 0.2) is 0 Å². The third-order valence-corrected chi connectivity index (χ3v) is 5.76. The largest absolute Gasteiger partial charge is 0.461 e. The maximum absolute atomic E-state index is 6.34. The van der Waals surface area contributed by atoms with Crippen molar-refractivity contribution in [2.45, 2.75) is 129 Å². The SMILES string of the molecule is CCCCCCCC(CCCCCC)B1OC(C)(C)C(C)(C)O1. The van der Waals surface area contributed by atoms with Gasteiger partial charge in [-0.05, 0) is 33.5 Å². The van der Waals surface area contributed by atoms with Gasteiger partial charge in [0.25, 0.3) is 0 Å². The summed E-state index contributed by atoms with van der Waals surface area (Å²) in [5.74, 6) is 0.564. The summed E-state index contributed by atoms with van der Waals surface area (Å²) in [6.45, 7) is 13.2. The summed E-state index contributed by atoms with van der Waals surface area (Å²) in [5.41, 5.74) is -0.386.